The minimum atomic E-state index is -0.938. The van der Waals surface area contributed by atoms with Crippen molar-refractivity contribution in [2.24, 2.45) is 0 Å². The van der Waals surface area contributed by atoms with Crippen molar-refractivity contribution in [1.82, 2.24) is 9.88 Å². The molecule has 1 aromatic heterocycles. The molecule has 0 amide bonds. The molecule has 2 fully saturated rings. The molecule has 0 radical (unpaired) electrons. The lowest BCUT2D eigenvalue weighted by Gasteiger charge is -2.30. The largest absolute Gasteiger partial charge is 0.480 e. The number of ether oxygens (including phenoxy) is 2. The van der Waals surface area contributed by atoms with Gasteiger partial charge in [0.25, 0.3) is 0 Å². The molecular formula is C29H38FN3O4. The van der Waals surface area contributed by atoms with E-state index in [9.17, 15) is 14.3 Å². The summed E-state index contributed by atoms with van der Waals surface area (Å²) in [7, 11) is 0. The van der Waals surface area contributed by atoms with E-state index >= 15 is 0 Å². The number of aromatic nitrogens is 1. The molecule has 2 saturated heterocycles. The average molecular weight is 512 g/mol. The molecule has 5 rings (SSSR count). The number of carboxylic acids is 1. The Morgan fingerprint density at radius 2 is 2.08 bits per heavy atom. The van der Waals surface area contributed by atoms with Gasteiger partial charge in [-0.25, -0.2) is 9.37 Å². The number of fused-ring (bicyclic) bond motifs is 1. The summed E-state index contributed by atoms with van der Waals surface area (Å²) >= 11 is 0. The molecule has 0 bridgehead atoms. The number of hydrogen-bond donors (Lipinski definition) is 2. The molecule has 7 nitrogen and oxygen atoms in total. The number of unbranched alkanes of at least 4 members (excludes halogenated alkanes) is 1. The number of nitrogens with one attached hydrogen (secondary N) is 1. The van der Waals surface area contributed by atoms with Crippen LogP contribution in [-0.2, 0) is 27.1 Å². The summed E-state index contributed by atoms with van der Waals surface area (Å²) < 4.78 is 25.9. The van der Waals surface area contributed by atoms with Crippen LogP contribution in [-0.4, -0.2) is 66.5 Å². The molecule has 2 N–H and O–H groups in total. The maximum absolute atomic E-state index is 14.3. The van der Waals surface area contributed by atoms with E-state index in [0.29, 0.717) is 38.5 Å². The van der Waals surface area contributed by atoms with E-state index in [-0.39, 0.29) is 12.0 Å². The SMILES string of the molecule is O=C(O)C(c1cc(F)ccc1C1CCOCC1)N1CCC(OCCCCc2ccc3c(n2)NCCC3)C1. The van der Waals surface area contributed by atoms with E-state index in [1.165, 1.54) is 17.7 Å². The second-order valence-electron chi connectivity index (χ2n) is 10.5. The first-order valence-corrected chi connectivity index (χ1v) is 13.8. The maximum Gasteiger partial charge on any atom is 0.325 e. The highest BCUT2D eigenvalue weighted by molar-refractivity contribution is 5.76. The van der Waals surface area contributed by atoms with E-state index in [0.717, 1.165) is 75.0 Å². The third kappa shape index (κ3) is 6.48. The van der Waals surface area contributed by atoms with Gasteiger partial charge in [0.1, 0.15) is 17.7 Å². The van der Waals surface area contributed by atoms with Crippen LogP contribution < -0.4 is 5.32 Å². The monoisotopic (exact) mass is 511 g/mol. The van der Waals surface area contributed by atoms with Crippen LogP contribution in [0.15, 0.2) is 30.3 Å². The fourth-order valence-electron chi connectivity index (χ4n) is 5.94. The first-order valence-electron chi connectivity index (χ1n) is 13.8. The number of pyridine rings is 1. The highest BCUT2D eigenvalue weighted by atomic mass is 19.1. The van der Waals surface area contributed by atoms with Crippen LogP contribution in [0.25, 0.3) is 0 Å². The molecule has 0 aliphatic carbocycles. The Hall–Kier alpha value is -2.55. The van der Waals surface area contributed by atoms with Gasteiger partial charge in [-0.2, -0.15) is 0 Å². The van der Waals surface area contributed by atoms with Gasteiger partial charge in [0.05, 0.1) is 6.10 Å². The summed E-state index contributed by atoms with van der Waals surface area (Å²) in [6.07, 6.45) is 7.54. The second kappa shape index (κ2) is 12.3. The third-order valence-corrected chi connectivity index (χ3v) is 7.91. The Labute approximate surface area is 218 Å². The first-order chi connectivity index (χ1) is 18.1. The van der Waals surface area contributed by atoms with Gasteiger partial charge < -0.3 is 19.9 Å². The highest BCUT2D eigenvalue weighted by Crippen LogP contribution is 2.36. The van der Waals surface area contributed by atoms with E-state index in [4.69, 9.17) is 14.5 Å². The van der Waals surface area contributed by atoms with Crippen molar-refractivity contribution in [3.8, 4) is 0 Å². The lowest BCUT2D eigenvalue weighted by atomic mass is 9.85. The summed E-state index contributed by atoms with van der Waals surface area (Å²) in [5.74, 6) is -0.0987. The number of carbonyl (C=O) groups is 1. The Morgan fingerprint density at radius 3 is 2.92 bits per heavy atom. The summed E-state index contributed by atoms with van der Waals surface area (Å²) in [5, 5.41) is 13.6. The molecule has 4 heterocycles. The zero-order valence-corrected chi connectivity index (χ0v) is 21.5. The Kier molecular flexibility index (Phi) is 8.69. The molecule has 2 aromatic rings. The smallest absolute Gasteiger partial charge is 0.325 e. The van der Waals surface area contributed by atoms with Gasteiger partial charge >= 0.3 is 5.97 Å². The van der Waals surface area contributed by atoms with Crippen LogP contribution >= 0.6 is 0 Å². The zero-order valence-electron chi connectivity index (χ0n) is 21.5. The average Bonchev–Trinajstić information content (AvgIpc) is 3.37. The van der Waals surface area contributed by atoms with Crippen LogP contribution in [0.5, 0.6) is 0 Å². The molecule has 3 aliphatic rings. The topological polar surface area (TPSA) is 83.9 Å². The molecule has 1 aromatic carbocycles. The number of hydrogen-bond acceptors (Lipinski definition) is 6. The molecule has 3 aliphatic heterocycles. The number of aliphatic carboxylic acids is 1. The summed E-state index contributed by atoms with van der Waals surface area (Å²) in [5.41, 5.74) is 3.93. The predicted molar refractivity (Wildman–Crippen MR) is 139 cm³/mol. The number of nitrogens with zero attached hydrogens (tertiary/aromatic N) is 2. The molecule has 0 saturated carbocycles. The third-order valence-electron chi connectivity index (χ3n) is 7.91. The lowest BCUT2D eigenvalue weighted by molar-refractivity contribution is -0.143. The molecule has 2 atom stereocenters. The summed E-state index contributed by atoms with van der Waals surface area (Å²) in [4.78, 5) is 19.1. The standard InChI is InChI=1S/C29H38FN3O4/c30-22-7-9-25(20-11-16-36-17-12-20)26(18-22)27(29(34)35)33-14-10-24(19-33)37-15-2-1-5-23-8-6-21-4-3-13-31-28(21)32-23/h6-9,18,20,24,27H,1-5,10-17,19H2,(H,31,32)(H,34,35). The normalized spacial score (nSPS) is 21.4. The van der Waals surface area contributed by atoms with Gasteiger partial charge in [0, 0.05) is 45.1 Å². The minimum Gasteiger partial charge on any atom is -0.480 e. The number of halogens is 1. The van der Waals surface area contributed by atoms with Gasteiger partial charge in [0.2, 0.25) is 0 Å². The van der Waals surface area contributed by atoms with Gasteiger partial charge in [-0.05, 0) is 92.2 Å². The Morgan fingerprint density at radius 1 is 1.22 bits per heavy atom. The Balaban J connectivity index is 1.13. The number of rotatable bonds is 10. The van der Waals surface area contributed by atoms with Crippen LogP contribution in [0, 0.1) is 5.82 Å². The fourth-order valence-corrected chi connectivity index (χ4v) is 5.94. The zero-order chi connectivity index (χ0) is 25.6. The van der Waals surface area contributed by atoms with E-state index in [1.54, 1.807) is 6.07 Å². The van der Waals surface area contributed by atoms with Crippen molar-refractivity contribution in [2.45, 2.75) is 69.4 Å². The number of carboxylic acid groups (broad SMARTS) is 1. The number of anilines is 1. The quantitative estimate of drug-likeness (QED) is 0.447. The van der Waals surface area contributed by atoms with Crippen LogP contribution in [0.2, 0.25) is 0 Å². The van der Waals surface area contributed by atoms with Crippen molar-refractivity contribution in [1.29, 1.82) is 0 Å². The number of aryl methyl sites for hydroxylation is 2. The van der Waals surface area contributed by atoms with E-state index < -0.39 is 17.8 Å². The van der Waals surface area contributed by atoms with Crippen LogP contribution in [0.1, 0.15) is 72.9 Å². The molecule has 8 heteroatoms. The number of likely N-dealkylation sites (tertiary alicyclic amines) is 1. The molecular weight excluding hydrogens is 473 g/mol. The Bertz CT molecular complexity index is 1080. The first kappa shape index (κ1) is 26.1. The minimum absolute atomic E-state index is 0.00647. The molecule has 2 unspecified atom stereocenters. The van der Waals surface area contributed by atoms with Crippen LogP contribution in [0.3, 0.4) is 0 Å². The van der Waals surface area contributed by atoms with Crippen molar-refractivity contribution < 1.29 is 23.8 Å². The maximum atomic E-state index is 14.3. The highest BCUT2D eigenvalue weighted by Gasteiger charge is 2.36. The van der Waals surface area contributed by atoms with Crippen molar-refractivity contribution >= 4 is 11.8 Å². The van der Waals surface area contributed by atoms with Gasteiger partial charge in [-0.15, -0.1) is 0 Å². The summed E-state index contributed by atoms with van der Waals surface area (Å²) in [6.45, 7) is 4.11. The number of benzene rings is 1. The predicted octanol–water partition coefficient (Wildman–Crippen LogP) is 4.71. The second-order valence-corrected chi connectivity index (χ2v) is 10.5. The van der Waals surface area contributed by atoms with Crippen molar-refractivity contribution in [2.75, 3.05) is 44.8 Å². The fraction of sp³-hybridized carbons (Fsp3) is 0.586. The van der Waals surface area contributed by atoms with Crippen LogP contribution in [0.4, 0.5) is 10.2 Å². The van der Waals surface area contributed by atoms with E-state index in [2.05, 4.69) is 17.4 Å². The molecule has 200 valence electrons. The molecule has 37 heavy (non-hydrogen) atoms. The summed E-state index contributed by atoms with van der Waals surface area (Å²) in [6, 6.07) is 8.09. The van der Waals surface area contributed by atoms with E-state index in [1.807, 2.05) is 4.90 Å². The van der Waals surface area contributed by atoms with Crippen molar-refractivity contribution in [3.63, 3.8) is 0 Å². The molecule has 0 spiro atoms. The van der Waals surface area contributed by atoms with Gasteiger partial charge in [-0.3, -0.25) is 9.69 Å². The van der Waals surface area contributed by atoms with Crippen molar-refractivity contribution in [3.05, 3.63) is 58.5 Å². The van der Waals surface area contributed by atoms with Gasteiger partial charge in [-0.1, -0.05) is 12.1 Å². The van der Waals surface area contributed by atoms with Gasteiger partial charge in [0.15, 0.2) is 0 Å². The lowest BCUT2D eigenvalue weighted by Crippen LogP contribution is -2.34.